The van der Waals surface area contributed by atoms with E-state index in [1.54, 1.807) is 50.3 Å². The van der Waals surface area contributed by atoms with Gasteiger partial charge in [0.15, 0.2) is 0 Å². The molecular formula is C38H31FO4. The fourth-order valence-electron chi connectivity index (χ4n) is 3.80. The summed E-state index contributed by atoms with van der Waals surface area (Å²) in [4.78, 5) is 23.6. The maximum atomic E-state index is 14.8. The minimum atomic E-state index is -0.471. The van der Waals surface area contributed by atoms with Gasteiger partial charge >= 0.3 is 11.9 Å². The van der Waals surface area contributed by atoms with Crippen molar-refractivity contribution in [3.05, 3.63) is 154 Å². The minimum absolute atomic E-state index is 0.328. The third-order valence-corrected chi connectivity index (χ3v) is 6.25. The number of esters is 2. The van der Waals surface area contributed by atoms with Gasteiger partial charge in [-0.25, -0.2) is 14.0 Å². The van der Waals surface area contributed by atoms with Crippen molar-refractivity contribution in [2.45, 2.75) is 13.8 Å². The molecule has 0 saturated heterocycles. The Morgan fingerprint density at radius 3 is 1.63 bits per heavy atom. The summed E-state index contributed by atoms with van der Waals surface area (Å²) in [5.74, 6) is -0.366. The van der Waals surface area contributed by atoms with E-state index in [2.05, 4.69) is 13.2 Å². The van der Waals surface area contributed by atoms with Crippen molar-refractivity contribution in [2.75, 3.05) is 0 Å². The summed E-state index contributed by atoms with van der Waals surface area (Å²) in [6, 6.07) is 27.2. The van der Waals surface area contributed by atoms with Crippen LogP contribution in [-0.4, -0.2) is 11.9 Å². The van der Waals surface area contributed by atoms with Crippen LogP contribution in [0.15, 0.2) is 115 Å². The van der Waals surface area contributed by atoms with Gasteiger partial charge in [0, 0.05) is 22.3 Å². The molecule has 0 saturated carbocycles. The van der Waals surface area contributed by atoms with Crippen LogP contribution in [-0.2, 0) is 9.59 Å². The van der Waals surface area contributed by atoms with Crippen LogP contribution in [0, 0.1) is 5.82 Å². The van der Waals surface area contributed by atoms with Gasteiger partial charge in [0.25, 0.3) is 0 Å². The van der Waals surface area contributed by atoms with Crippen LogP contribution in [0.1, 0.15) is 47.2 Å². The predicted octanol–water partition coefficient (Wildman–Crippen LogP) is 9.30. The molecule has 0 aliphatic rings. The Morgan fingerprint density at radius 1 is 0.581 bits per heavy atom. The Balaban J connectivity index is 1.36. The molecule has 4 aromatic carbocycles. The maximum Gasteiger partial charge on any atom is 0.338 e. The number of para-hydroxylation sites is 1. The molecule has 214 valence electrons. The Kier molecular flexibility index (Phi) is 10.2. The van der Waals surface area contributed by atoms with Crippen molar-refractivity contribution in [3.8, 4) is 11.5 Å². The van der Waals surface area contributed by atoms with Crippen LogP contribution >= 0.6 is 0 Å². The molecule has 0 unspecified atom stereocenters. The van der Waals surface area contributed by atoms with Gasteiger partial charge in [0.2, 0.25) is 0 Å². The first-order valence-electron chi connectivity index (χ1n) is 13.6. The first-order valence-corrected chi connectivity index (χ1v) is 13.6. The molecule has 5 heteroatoms. The van der Waals surface area contributed by atoms with E-state index >= 15 is 0 Å². The van der Waals surface area contributed by atoms with E-state index in [1.807, 2.05) is 85.0 Å². The van der Waals surface area contributed by atoms with Gasteiger partial charge in [0.1, 0.15) is 17.3 Å². The maximum absolute atomic E-state index is 14.8. The van der Waals surface area contributed by atoms with Gasteiger partial charge in [-0.15, -0.1) is 0 Å². The summed E-state index contributed by atoms with van der Waals surface area (Å²) in [7, 11) is 0. The molecule has 0 fully saturated rings. The number of halogens is 1. The van der Waals surface area contributed by atoms with Crippen LogP contribution in [0.25, 0.3) is 36.5 Å². The molecule has 0 spiro atoms. The fraction of sp³-hybridized carbons (Fsp3) is 0.0526. The van der Waals surface area contributed by atoms with Gasteiger partial charge in [-0.2, -0.15) is 0 Å². The third kappa shape index (κ3) is 8.97. The van der Waals surface area contributed by atoms with E-state index in [9.17, 15) is 14.0 Å². The zero-order valence-electron chi connectivity index (χ0n) is 24.0. The molecule has 0 aromatic heterocycles. The minimum Gasteiger partial charge on any atom is -0.423 e. The molecule has 4 nitrogen and oxygen atoms in total. The molecule has 0 aliphatic carbocycles. The Hall–Kier alpha value is -5.55. The summed E-state index contributed by atoms with van der Waals surface area (Å²) < 4.78 is 25.4. The molecule has 0 radical (unpaired) electrons. The molecule has 4 aromatic rings. The summed E-state index contributed by atoms with van der Waals surface area (Å²) in [6.07, 6.45) is 11.1. The highest BCUT2D eigenvalue weighted by Gasteiger charge is 2.08. The summed E-state index contributed by atoms with van der Waals surface area (Å²) >= 11 is 0. The summed E-state index contributed by atoms with van der Waals surface area (Å²) in [5.41, 5.74) is 5.40. The van der Waals surface area contributed by atoms with E-state index in [0.29, 0.717) is 28.2 Å². The van der Waals surface area contributed by atoms with Crippen LogP contribution in [0.5, 0.6) is 11.5 Å². The van der Waals surface area contributed by atoms with E-state index in [1.165, 1.54) is 6.07 Å². The lowest BCUT2D eigenvalue weighted by Gasteiger charge is -2.07. The van der Waals surface area contributed by atoms with Crippen LogP contribution < -0.4 is 9.47 Å². The highest BCUT2D eigenvalue weighted by Crippen LogP contribution is 2.23. The fourth-order valence-corrected chi connectivity index (χ4v) is 3.80. The van der Waals surface area contributed by atoms with Gasteiger partial charge in [-0.05, 0) is 60.4 Å². The average molecular weight is 571 g/mol. The molecular weight excluding hydrogens is 539 g/mol. The topological polar surface area (TPSA) is 52.6 Å². The number of hydrogen-bond acceptors (Lipinski definition) is 4. The van der Waals surface area contributed by atoms with Crippen molar-refractivity contribution in [3.63, 3.8) is 0 Å². The number of rotatable bonds is 10. The van der Waals surface area contributed by atoms with Crippen molar-refractivity contribution in [1.82, 2.24) is 0 Å². The zero-order valence-corrected chi connectivity index (χ0v) is 24.0. The normalized spacial score (nSPS) is 11.2. The van der Waals surface area contributed by atoms with E-state index in [-0.39, 0.29) is 5.82 Å². The van der Waals surface area contributed by atoms with Gasteiger partial charge in [-0.3, -0.25) is 0 Å². The van der Waals surface area contributed by atoms with Crippen molar-refractivity contribution in [2.24, 2.45) is 0 Å². The lowest BCUT2D eigenvalue weighted by molar-refractivity contribution is -0.130. The second kappa shape index (κ2) is 14.4. The Morgan fingerprint density at radius 2 is 1.05 bits per heavy atom. The van der Waals surface area contributed by atoms with Gasteiger partial charge in [-0.1, -0.05) is 116 Å². The van der Waals surface area contributed by atoms with Crippen LogP contribution in [0.2, 0.25) is 0 Å². The molecule has 0 bridgehead atoms. The second-order valence-electron chi connectivity index (χ2n) is 9.89. The number of ether oxygens (including phenoxy) is 2. The number of hydrogen-bond donors (Lipinski definition) is 0. The van der Waals surface area contributed by atoms with Crippen LogP contribution in [0.4, 0.5) is 4.39 Å². The molecule has 43 heavy (non-hydrogen) atoms. The molecule has 0 atom stereocenters. The predicted molar refractivity (Wildman–Crippen MR) is 173 cm³/mol. The SMILES string of the molecule is C=C(C)C(=O)Oc1ccc(/C=C/c2ccc(/C=C/c3ccc(/C=C/c4ccccc4OC(=O)C(=C)C)cc3)c(F)c2)cc1. The third-order valence-electron chi connectivity index (χ3n) is 6.25. The zero-order chi connectivity index (χ0) is 30.8. The molecule has 0 amide bonds. The van der Waals surface area contributed by atoms with Crippen molar-refractivity contribution < 1.29 is 23.5 Å². The highest BCUT2D eigenvalue weighted by atomic mass is 19.1. The summed E-state index contributed by atoms with van der Waals surface area (Å²) in [5, 5.41) is 0. The van der Waals surface area contributed by atoms with Gasteiger partial charge in [0.05, 0.1) is 0 Å². The number of benzene rings is 4. The number of carbonyl (C=O) groups excluding carboxylic acids is 2. The summed E-state index contributed by atoms with van der Waals surface area (Å²) in [6.45, 7) is 10.4. The highest BCUT2D eigenvalue weighted by molar-refractivity contribution is 5.90. The number of carbonyl (C=O) groups is 2. The molecule has 0 N–H and O–H groups in total. The quantitative estimate of drug-likeness (QED) is 0.0825. The smallest absolute Gasteiger partial charge is 0.338 e. The lowest BCUT2D eigenvalue weighted by atomic mass is 10.1. The standard InChI is InChI=1S/C38H31FO4/c1-26(2)37(40)42-34-23-18-30(19-24-34)13-14-31-17-21-32(35(39)25-31)20-15-28-9-11-29(12-10-28)16-22-33-7-5-6-8-36(33)43-38(41)27(3)4/h5-25H,1,3H2,2,4H3/b14-13+,20-15+,22-16+. The Bertz CT molecular complexity index is 1740. The van der Waals surface area contributed by atoms with Crippen molar-refractivity contribution in [1.29, 1.82) is 0 Å². The van der Waals surface area contributed by atoms with E-state index < -0.39 is 11.9 Å². The van der Waals surface area contributed by atoms with Gasteiger partial charge < -0.3 is 9.47 Å². The van der Waals surface area contributed by atoms with E-state index in [0.717, 1.165) is 27.8 Å². The molecule has 0 aliphatic heterocycles. The largest absolute Gasteiger partial charge is 0.423 e. The molecule has 4 rings (SSSR count). The monoisotopic (exact) mass is 570 g/mol. The first-order chi connectivity index (χ1) is 20.7. The Labute approximate surface area is 251 Å². The molecule has 0 heterocycles. The van der Waals surface area contributed by atoms with Crippen LogP contribution in [0.3, 0.4) is 0 Å². The first kappa shape index (κ1) is 30.4. The second-order valence-corrected chi connectivity index (χ2v) is 9.89. The average Bonchev–Trinajstić information content (AvgIpc) is 3.00. The van der Waals surface area contributed by atoms with Crippen molar-refractivity contribution >= 4 is 48.4 Å². The lowest BCUT2D eigenvalue weighted by Crippen LogP contribution is -2.08. The van der Waals surface area contributed by atoms with E-state index in [4.69, 9.17) is 9.47 Å².